The van der Waals surface area contributed by atoms with Gasteiger partial charge in [-0.15, -0.1) is 0 Å². The Kier molecular flexibility index (Phi) is 4.39. The van der Waals surface area contributed by atoms with E-state index in [2.05, 4.69) is 15.3 Å². The van der Waals surface area contributed by atoms with Gasteiger partial charge in [0.15, 0.2) is 0 Å². The van der Waals surface area contributed by atoms with Crippen molar-refractivity contribution < 1.29 is 9.53 Å². The molecule has 0 radical (unpaired) electrons. The monoisotopic (exact) mass is 212 g/mol. The lowest BCUT2D eigenvalue weighted by molar-refractivity contribution is -0.155. The predicted molar refractivity (Wildman–Crippen MR) is 55.2 cm³/mol. The molecule has 1 N–H and O–H groups in total. The van der Waals surface area contributed by atoms with Crippen LogP contribution in [0.5, 0.6) is 0 Å². The molecule has 0 amide bonds. The number of hydrogen-bond donors (Lipinski definition) is 1. The Morgan fingerprint density at radius 1 is 1.67 bits per heavy atom. The molecule has 0 aromatic carbocycles. The van der Waals surface area contributed by atoms with Crippen LogP contribution in [0, 0.1) is 0 Å². The molecule has 0 spiro atoms. The first-order valence-corrected chi connectivity index (χ1v) is 5.18. The molecule has 84 valence electrons. The van der Waals surface area contributed by atoms with E-state index in [-0.39, 0.29) is 5.97 Å². The van der Waals surface area contributed by atoms with Crippen LogP contribution in [0.25, 0.3) is 10.4 Å². The SMILES string of the molecule is CCOC(=O)C1(NCCN=[N+]=[N-])CCC1. The molecule has 0 aromatic rings. The maximum Gasteiger partial charge on any atom is 0.326 e. The fraction of sp³-hybridized carbons (Fsp3) is 0.889. The Morgan fingerprint density at radius 3 is 2.87 bits per heavy atom. The third kappa shape index (κ3) is 2.84. The zero-order chi connectivity index (χ0) is 11.1. The van der Waals surface area contributed by atoms with Gasteiger partial charge in [-0.25, -0.2) is 0 Å². The van der Waals surface area contributed by atoms with Gasteiger partial charge in [-0.2, -0.15) is 0 Å². The summed E-state index contributed by atoms with van der Waals surface area (Å²) in [6, 6.07) is 0. The second-order valence-electron chi connectivity index (χ2n) is 3.54. The van der Waals surface area contributed by atoms with Crippen LogP contribution in [0.4, 0.5) is 0 Å². The molecule has 0 heterocycles. The number of nitrogens with one attached hydrogen (secondary N) is 1. The van der Waals surface area contributed by atoms with Crippen molar-refractivity contribution in [3.8, 4) is 0 Å². The maximum atomic E-state index is 11.6. The van der Waals surface area contributed by atoms with E-state index in [4.69, 9.17) is 10.3 Å². The van der Waals surface area contributed by atoms with Crippen LogP contribution < -0.4 is 5.32 Å². The number of hydrogen-bond acceptors (Lipinski definition) is 4. The fourth-order valence-electron chi connectivity index (χ4n) is 1.64. The van der Waals surface area contributed by atoms with Crippen molar-refractivity contribution in [3.05, 3.63) is 10.4 Å². The van der Waals surface area contributed by atoms with Gasteiger partial charge in [0.05, 0.1) is 6.61 Å². The lowest BCUT2D eigenvalue weighted by Gasteiger charge is -2.39. The van der Waals surface area contributed by atoms with E-state index >= 15 is 0 Å². The molecule has 0 saturated heterocycles. The van der Waals surface area contributed by atoms with Crippen LogP contribution in [0.2, 0.25) is 0 Å². The van der Waals surface area contributed by atoms with Gasteiger partial charge in [-0.1, -0.05) is 5.11 Å². The molecule has 15 heavy (non-hydrogen) atoms. The van der Waals surface area contributed by atoms with Crippen LogP contribution in [-0.2, 0) is 9.53 Å². The second-order valence-corrected chi connectivity index (χ2v) is 3.54. The smallest absolute Gasteiger partial charge is 0.326 e. The van der Waals surface area contributed by atoms with Gasteiger partial charge >= 0.3 is 5.97 Å². The molecule has 1 fully saturated rings. The Balaban J connectivity index is 2.39. The highest BCUT2D eigenvalue weighted by atomic mass is 16.5. The molecule has 6 nitrogen and oxygen atoms in total. The van der Waals surface area contributed by atoms with Gasteiger partial charge in [0, 0.05) is 18.0 Å². The van der Waals surface area contributed by atoms with E-state index in [9.17, 15) is 4.79 Å². The molecule has 0 atom stereocenters. The molecule has 1 aliphatic rings. The molecule has 0 bridgehead atoms. The number of nitrogens with zero attached hydrogens (tertiary/aromatic N) is 3. The first-order chi connectivity index (χ1) is 7.25. The zero-order valence-electron chi connectivity index (χ0n) is 8.90. The van der Waals surface area contributed by atoms with Crippen molar-refractivity contribution in [2.75, 3.05) is 19.7 Å². The highest BCUT2D eigenvalue weighted by Crippen LogP contribution is 2.32. The van der Waals surface area contributed by atoms with Crippen LogP contribution in [0.15, 0.2) is 5.11 Å². The normalized spacial score (nSPS) is 17.4. The van der Waals surface area contributed by atoms with Crippen molar-refractivity contribution in [1.29, 1.82) is 0 Å². The average Bonchev–Trinajstić information content (AvgIpc) is 2.16. The highest BCUT2D eigenvalue weighted by molar-refractivity contribution is 5.82. The molecular weight excluding hydrogens is 196 g/mol. The lowest BCUT2D eigenvalue weighted by Crippen LogP contribution is -2.58. The van der Waals surface area contributed by atoms with Gasteiger partial charge in [-0.3, -0.25) is 4.79 Å². The summed E-state index contributed by atoms with van der Waals surface area (Å²) < 4.78 is 5.00. The van der Waals surface area contributed by atoms with Crippen LogP contribution in [-0.4, -0.2) is 31.2 Å². The standard InChI is InChI=1S/C9H16N4O2/c1-2-15-8(14)9(4-3-5-9)11-6-7-12-13-10/h11H,2-7H2,1H3. The van der Waals surface area contributed by atoms with E-state index in [1.54, 1.807) is 6.92 Å². The van der Waals surface area contributed by atoms with Gasteiger partial charge in [0.1, 0.15) is 5.54 Å². The highest BCUT2D eigenvalue weighted by Gasteiger charge is 2.44. The third-order valence-electron chi connectivity index (χ3n) is 2.61. The van der Waals surface area contributed by atoms with E-state index in [0.717, 1.165) is 19.3 Å². The zero-order valence-corrected chi connectivity index (χ0v) is 8.90. The summed E-state index contributed by atoms with van der Waals surface area (Å²) >= 11 is 0. The van der Waals surface area contributed by atoms with E-state index in [1.807, 2.05) is 0 Å². The lowest BCUT2D eigenvalue weighted by atomic mass is 9.76. The molecule has 0 aromatic heterocycles. The molecule has 1 rings (SSSR count). The van der Waals surface area contributed by atoms with Crippen molar-refractivity contribution in [2.45, 2.75) is 31.7 Å². The number of carbonyl (C=O) groups excluding carboxylic acids is 1. The van der Waals surface area contributed by atoms with E-state index in [1.165, 1.54) is 0 Å². The number of rotatable bonds is 6. The fourth-order valence-corrected chi connectivity index (χ4v) is 1.64. The van der Waals surface area contributed by atoms with Crippen molar-refractivity contribution in [3.63, 3.8) is 0 Å². The number of esters is 1. The summed E-state index contributed by atoms with van der Waals surface area (Å²) in [6.45, 7) is 3.07. The Hall–Kier alpha value is -1.26. The van der Waals surface area contributed by atoms with Crippen molar-refractivity contribution in [1.82, 2.24) is 5.32 Å². The minimum Gasteiger partial charge on any atom is -0.465 e. The minimum atomic E-state index is -0.513. The first-order valence-electron chi connectivity index (χ1n) is 5.18. The molecule has 1 saturated carbocycles. The largest absolute Gasteiger partial charge is 0.465 e. The van der Waals surface area contributed by atoms with E-state index < -0.39 is 5.54 Å². The first kappa shape index (κ1) is 11.8. The van der Waals surface area contributed by atoms with Crippen LogP contribution in [0.1, 0.15) is 26.2 Å². The summed E-state index contributed by atoms with van der Waals surface area (Å²) in [5.74, 6) is -0.183. The molecular formula is C9H16N4O2. The van der Waals surface area contributed by atoms with Crippen LogP contribution >= 0.6 is 0 Å². The minimum absolute atomic E-state index is 0.183. The Labute approximate surface area is 88.6 Å². The van der Waals surface area contributed by atoms with Gasteiger partial charge in [0.25, 0.3) is 0 Å². The summed E-state index contributed by atoms with van der Waals surface area (Å²) in [6.07, 6.45) is 2.65. The van der Waals surface area contributed by atoms with Gasteiger partial charge < -0.3 is 10.1 Å². The summed E-state index contributed by atoms with van der Waals surface area (Å²) in [7, 11) is 0. The Bertz CT molecular complexity index is 269. The van der Waals surface area contributed by atoms with E-state index in [0.29, 0.717) is 19.7 Å². The number of azide groups is 1. The summed E-state index contributed by atoms with van der Waals surface area (Å²) in [5.41, 5.74) is 7.59. The van der Waals surface area contributed by atoms with Crippen molar-refractivity contribution >= 4 is 5.97 Å². The summed E-state index contributed by atoms with van der Waals surface area (Å²) in [5, 5.41) is 6.52. The molecule has 0 unspecified atom stereocenters. The van der Waals surface area contributed by atoms with Gasteiger partial charge in [-0.05, 0) is 31.7 Å². The van der Waals surface area contributed by atoms with Crippen molar-refractivity contribution in [2.24, 2.45) is 5.11 Å². The predicted octanol–water partition coefficient (Wildman–Crippen LogP) is 1.37. The quantitative estimate of drug-likeness (QED) is 0.237. The topological polar surface area (TPSA) is 87.1 Å². The maximum absolute atomic E-state index is 11.6. The number of ether oxygens (including phenoxy) is 1. The Morgan fingerprint density at radius 2 is 2.40 bits per heavy atom. The van der Waals surface area contributed by atoms with Crippen LogP contribution in [0.3, 0.4) is 0 Å². The van der Waals surface area contributed by atoms with Gasteiger partial charge in [0.2, 0.25) is 0 Å². The molecule has 6 heteroatoms. The third-order valence-corrected chi connectivity index (χ3v) is 2.61. The average molecular weight is 212 g/mol. The summed E-state index contributed by atoms with van der Waals surface area (Å²) in [4.78, 5) is 14.3. The second kappa shape index (κ2) is 5.58. The molecule has 0 aliphatic heterocycles. The number of carbonyl (C=O) groups is 1. The molecule has 1 aliphatic carbocycles.